The van der Waals surface area contributed by atoms with Crippen molar-refractivity contribution in [2.75, 3.05) is 6.61 Å². The van der Waals surface area contributed by atoms with Crippen LogP contribution in [0.4, 0.5) is 0 Å². The summed E-state index contributed by atoms with van der Waals surface area (Å²) in [7, 11) is 0. The van der Waals surface area contributed by atoms with Crippen LogP contribution < -0.4 is 10.5 Å². The third-order valence-corrected chi connectivity index (χ3v) is 2.18. The fourth-order valence-electron chi connectivity index (χ4n) is 1.44. The van der Waals surface area contributed by atoms with E-state index in [1.54, 1.807) is 0 Å². The fraction of sp³-hybridized carbons (Fsp3) is 0.222. The number of hydrogen-bond donors (Lipinski definition) is 3. The largest absolute Gasteiger partial charge is 0.507 e. The van der Waals surface area contributed by atoms with Crippen LogP contribution in [-0.4, -0.2) is 22.8 Å². The van der Waals surface area contributed by atoms with Crippen LogP contribution in [-0.2, 0) is 0 Å². The van der Waals surface area contributed by atoms with E-state index in [1.807, 2.05) is 0 Å². The molecule has 0 saturated carbocycles. The van der Waals surface area contributed by atoms with Crippen molar-refractivity contribution >= 4 is 5.97 Å². The number of fused-ring (bicyclic) bond motifs is 1. The number of phenols is 1. The molecule has 0 bridgehead atoms. The van der Waals surface area contributed by atoms with Crippen molar-refractivity contribution in [3.8, 4) is 11.5 Å². The molecule has 74 valence electrons. The van der Waals surface area contributed by atoms with Gasteiger partial charge in [-0.3, -0.25) is 0 Å². The number of aromatic carboxylic acids is 1. The summed E-state index contributed by atoms with van der Waals surface area (Å²) in [5, 5.41) is 18.1. The molecule has 1 aromatic carbocycles. The third-order valence-electron chi connectivity index (χ3n) is 2.18. The SMILES string of the molecule is NC1COc2cc(O)c(C(=O)O)cc21. The summed E-state index contributed by atoms with van der Waals surface area (Å²) in [4.78, 5) is 10.7. The first-order valence-corrected chi connectivity index (χ1v) is 4.08. The van der Waals surface area contributed by atoms with E-state index in [0.29, 0.717) is 17.9 Å². The van der Waals surface area contributed by atoms with Gasteiger partial charge in [0.15, 0.2) is 0 Å². The molecule has 0 saturated heterocycles. The maximum atomic E-state index is 10.7. The molecule has 1 heterocycles. The second-order valence-electron chi connectivity index (χ2n) is 3.13. The summed E-state index contributed by atoms with van der Waals surface area (Å²) < 4.78 is 5.15. The lowest BCUT2D eigenvalue weighted by atomic mass is 10.0. The topological polar surface area (TPSA) is 92.8 Å². The van der Waals surface area contributed by atoms with Crippen molar-refractivity contribution in [3.05, 3.63) is 23.3 Å². The summed E-state index contributed by atoms with van der Waals surface area (Å²) in [6.45, 7) is 0.317. The summed E-state index contributed by atoms with van der Waals surface area (Å²) in [5.74, 6) is -1.02. The summed E-state index contributed by atoms with van der Waals surface area (Å²) in [5.41, 5.74) is 6.14. The van der Waals surface area contributed by atoms with Gasteiger partial charge in [0.1, 0.15) is 23.7 Å². The number of benzene rings is 1. The van der Waals surface area contributed by atoms with Gasteiger partial charge in [-0.05, 0) is 6.07 Å². The minimum atomic E-state index is -1.18. The van der Waals surface area contributed by atoms with Crippen molar-refractivity contribution < 1.29 is 19.7 Å². The van der Waals surface area contributed by atoms with Gasteiger partial charge in [0.2, 0.25) is 0 Å². The van der Waals surface area contributed by atoms with Crippen LogP contribution in [0.15, 0.2) is 12.1 Å². The monoisotopic (exact) mass is 195 g/mol. The quantitative estimate of drug-likeness (QED) is 0.606. The first kappa shape index (κ1) is 8.83. The summed E-state index contributed by atoms with van der Waals surface area (Å²) >= 11 is 0. The molecule has 4 N–H and O–H groups in total. The van der Waals surface area contributed by atoms with Gasteiger partial charge < -0.3 is 20.7 Å². The van der Waals surface area contributed by atoms with E-state index < -0.39 is 5.97 Å². The Labute approximate surface area is 79.7 Å². The van der Waals surface area contributed by atoms with Crippen LogP contribution >= 0.6 is 0 Å². The summed E-state index contributed by atoms with van der Waals surface area (Å²) in [6, 6.07) is 2.32. The molecule has 1 aliphatic rings. The van der Waals surface area contributed by atoms with Crippen LogP contribution in [0.2, 0.25) is 0 Å². The number of carbonyl (C=O) groups is 1. The van der Waals surface area contributed by atoms with Gasteiger partial charge in [-0.25, -0.2) is 4.79 Å². The zero-order chi connectivity index (χ0) is 10.3. The number of carboxylic acids is 1. The average Bonchev–Trinajstić information content (AvgIpc) is 2.46. The molecule has 1 aromatic rings. The van der Waals surface area contributed by atoms with E-state index in [-0.39, 0.29) is 17.4 Å². The number of aromatic hydroxyl groups is 1. The van der Waals surface area contributed by atoms with E-state index in [2.05, 4.69) is 0 Å². The minimum Gasteiger partial charge on any atom is -0.507 e. The van der Waals surface area contributed by atoms with Crippen molar-refractivity contribution in [1.29, 1.82) is 0 Å². The van der Waals surface area contributed by atoms with Crippen LogP contribution in [0.25, 0.3) is 0 Å². The molecule has 5 heteroatoms. The molecule has 2 rings (SSSR count). The molecular formula is C9H9NO4. The number of nitrogens with two attached hydrogens (primary N) is 1. The number of hydrogen-bond acceptors (Lipinski definition) is 4. The van der Waals surface area contributed by atoms with Crippen molar-refractivity contribution in [2.24, 2.45) is 5.73 Å². The van der Waals surface area contributed by atoms with Gasteiger partial charge >= 0.3 is 5.97 Å². The van der Waals surface area contributed by atoms with Crippen LogP contribution in [0, 0.1) is 0 Å². The normalized spacial score (nSPS) is 18.8. The van der Waals surface area contributed by atoms with Crippen molar-refractivity contribution in [1.82, 2.24) is 0 Å². The lowest BCUT2D eigenvalue weighted by Gasteiger charge is -2.04. The van der Waals surface area contributed by atoms with Gasteiger partial charge in [-0.2, -0.15) is 0 Å². The first-order valence-electron chi connectivity index (χ1n) is 4.08. The second-order valence-corrected chi connectivity index (χ2v) is 3.13. The maximum Gasteiger partial charge on any atom is 0.339 e. The third kappa shape index (κ3) is 1.18. The average molecular weight is 195 g/mol. The second kappa shape index (κ2) is 2.88. The molecule has 0 aromatic heterocycles. The van der Waals surface area contributed by atoms with E-state index in [1.165, 1.54) is 12.1 Å². The molecular weight excluding hydrogens is 186 g/mol. The predicted molar refractivity (Wildman–Crippen MR) is 47.5 cm³/mol. The Morgan fingerprint density at radius 3 is 2.93 bits per heavy atom. The van der Waals surface area contributed by atoms with Crippen molar-refractivity contribution in [3.63, 3.8) is 0 Å². The molecule has 1 aliphatic heterocycles. The molecule has 0 spiro atoms. The smallest absolute Gasteiger partial charge is 0.339 e. The lowest BCUT2D eigenvalue weighted by Crippen LogP contribution is -2.11. The van der Waals surface area contributed by atoms with Gasteiger partial charge in [-0.1, -0.05) is 0 Å². The Kier molecular flexibility index (Phi) is 1.82. The van der Waals surface area contributed by atoms with Gasteiger partial charge in [0, 0.05) is 11.6 Å². The van der Waals surface area contributed by atoms with Crippen LogP contribution in [0.5, 0.6) is 11.5 Å². The zero-order valence-corrected chi connectivity index (χ0v) is 7.23. The highest BCUT2D eigenvalue weighted by atomic mass is 16.5. The molecule has 0 radical (unpaired) electrons. The highest BCUT2D eigenvalue weighted by Gasteiger charge is 2.24. The molecule has 0 fully saturated rings. The zero-order valence-electron chi connectivity index (χ0n) is 7.23. The highest BCUT2D eigenvalue weighted by Crippen LogP contribution is 2.36. The lowest BCUT2D eigenvalue weighted by molar-refractivity contribution is 0.0693. The molecule has 14 heavy (non-hydrogen) atoms. The molecule has 0 amide bonds. The van der Waals surface area contributed by atoms with Gasteiger partial charge in [0.05, 0.1) is 6.04 Å². The Morgan fingerprint density at radius 1 is 1.57 bits per heavy atom. The molecule has 0 aliphatic carbocycles. The van der Waals surface area contributed by atoms with E-state index in [4.69, 9.17) is 15.6 Å². The van der Waals surface area contributed by atoms with Crippen LogP contribution in [0.1, 0.15) is 22.0 Å². The minimum absolute atomic E-state index is 0.148. The molecule has 1 unspecified atom stereocenters. The predicted octanol–water partition coefficient (Wildman–Crippen LogP) is 0.483. The van der Waals surface area contributed by atoms with Crippen molar-refractivity contribution in [2.45, 2.75) is 6.04 Å². The maximum absolute atomic E-state index is 10.7. The Morgan fingerprint density at radius 2 is 2.29 bits per heavy atom. The number of ether oxygens (including phenoxy) is 1. The van der Waals surface area contributed by atoms with E-state index in [9.17, 15) is 9.90 Å². The Balaban J connectivity index is 2.57. The van der Waals surface area contributed by atoms with Gasteiger partial charge in [-0.15, -0.1) is 0 Å². The molecule has 1 atom stereocenters. The summed E-state index contributed by atoms with van der Waals surface area (Å²) in [6.07, 6.45) is 0. The molecule has 5 nitrogen and oxygen atoms in total. The van der Waals surface area contributed by atoms with E-state index >= 15 is 0 Å². The van der Waals surface area contributed by atoms with Crippen LogP contribution in [0.3, 0.4) is 0 Å². The number of rotatable bonds is 1. The van der Waals surface area contributed by atoms with E-state index in [0.717, 1.165) is 0 Å². The Bertz CT molecular complexity index is 402. The Hall–Kier alpha value is -1.75. The first-order chi connectivity index (χ1) is 6.59. The number of carboxylic acid groups (broad SMARTS) is 1. The highest BCUT2D eigenvalue weighted by molar-refractivity contribution is 5.91. The standard InChI is InChI=1S/C9H9NO4/c10-6-3-14-8-2-7(11)5(9(12)13)1-4(6)8/h1-2,6,11H,3,10H2,(H,12,13). The fourth-order valence-corrected chi connectivity index (χ4v) is 1.44. The van der Waals surface area contributed by atoms with Gasteiger partial charge in [0.25, 0.3) is 0 Å².